The third-order valence-corrected chi connectivity index (χ3v) is 6.09. The molecule has 4 rings (SSSR count). The molecule has 0 aliphatic carbocycles. The fourth-order valence-electron chi connectivity index (χ4n) is 4.16. The number of fused-ring (bicyclic) bond motifs is 2. The van der Waals surface area contributed by atoms with E-state index in [4.69, 9.17) is 26.0 Å². The summed E-state index contributed by atoms with van der Waals surface area (Å²) in [7, 11) is 0. The van der Waals surface area contributed by atoms with E-state index >= 15 is 0 Å². The van der Waals surface area contributed by atoms with Crippen molar-refractivity contribution in [2.45, 2.75) is 62.8 Å². The second-order valence-electron chi connectivity index (χ2n) is 8.76. The summed E-state index contributed by atoms with van der Waals surface area (Å²) < 4.78 is 11.2. The number of hydrogen-bond donors (Lipinski definition) is 4. The van der Waals surface area contributed by atoms with Crippen molar-refractivity contribution in [3.63, 3.8) is 0 Å². The lowest BCUT2D eigenvalue weighted by molar-refractivity contribution is -0.177. The fraction of sp³-hybridized carbons (Fsp3) is 0.423. The molecule has 1 amide bonds. The lowest BCUT2D eigenvalue weighted by Crippen LogP contribution is -2.56. The van der Waals surface area contributed by atoms with Crippen molar-refractivity contribution in [2.24, 2.45) is 11.5 Å². The number of carboxylic acid groups (broad SMARTS) is 2. The first kappa shape index (κ1) is 27.3. The average molecular weight is 500 g/mol. The van der Waals surface area contributed by atoms with Gasteiger partial charge in [-0.05, 0) is 36.9 Å². The van der Waals surface area contributed by atoms with Gasteiger partial charge < -0.3 is 36.1 Å². The minimum atomic E-state index is -1.26. The van der Waals surface area contributed by atoms with Gasteiger partial charge in [-0.2, -0.15) is 0 Å². The number of ether oxygens (including phenoxy) is 2. The maximum Gasteiger partial charge on any atom is 0.336 e. The minimum Gasteiger partial charge on any atom is -0.480 e. The second-order valence-corrected chi connectivity index (χ2v) is 8.76. The number of nitrogens with zero attached hydrogens (tertiary/aromatic N) is 1. The molecule has 2 fully saturated rings. The van der Waals surface area contributed by atoms with Crippen LogP contribution in [-0.4, -0.2) is 70.1 Å². The number of hydrogen-bond acceptors (Lipinski definition) is 7. The first-order valence-corrected chi connectivity index (χ1v) is 11.9. The summed E-state index contributed by atoms with van der Waals surface area (Å²) >= 11 is 0. The summed E-state index contributed by atoms with van der Waals surface area (Å²) in [5.74, 6) is -2.45. The molecule has 0 aromatic heterocycles. The molecule has 194 valence electrons. The largest absolute Gasteiger partial charge is 0.480 e. The fourth-order valence-corrected chi connectivity index (χ4v) is 4.16. The van der Waals surface area contributed by atoms with Gasteiger partial charge in [0.15, 0.2) is 18.5 Å². The van der Waals surface area contributed by atoms with Crippen LogP contribution in [0.2, 0.25) is 0 Å². The van der Waals surface area contributed by atoms with Crippen molar-refractivity contribution in [3.8, 4) is 0 Å². The van der Waals surface area contributed by atoms with Crippen LogP contribution in [0, 0.1) is 0 Å². The highest BCUT2D eigenvalue weighted by atomic mass is 16.7. The smallest absolute Gasteiger partial charge is 0.336 e. The summed E-state index contributed by atoms with van der Waals surface area (Å²) in [4.78, 5) is 36.2. The van der Waals surface area contributed by atoms with Gasteiger partial charge in [0.25, 0.3) is 5.91 Å². The molecule has 2 aliphatic rings. The molecule has 5 atom stereocenters. The zero-order valence-corrected chi connectivity index (χ0v) is 19.9. The molecule has 2 aliphatic heterocycles. The molecule has 36 heavy (non-hydrogen) atoms. The summed E-state index contributed by atoms with van der Waals surface area (Å²) in [6, 6.07) is 18.3. The van der Waals surface area contributed by atoms with Gasteiger partial charge in [0.2, 0.25) is 0 Å². The molecule has 2 heterocycles. The van der Waals surface area contributed by atoms with Gasteiger partial charge in [-0.1, -0.05) is 67.1 Å². The number of amides is 1. The lowest BCUT2D eigenvalue weighted by atomic mass is 10.0. The number of morpholine rings is 1. The maximum absolute atomic E-state index is 13.0. The molecule has 2 aromatic carbocycles. The Bertz CT molecular complexity index is 1010. The molecular weight excluding hydrogens is 466 g/mol. The monoisotopic (exact) mass is 499 g/mol. The van der Waals surface area contributed by atoms with Crippen LogP contribution in [0.4, 0.5) is 0 Å². The van der Waals surface area contributed by atoms with Crippen LogP contribution in [0.3, 0.4) is 0 Å². The van der Waals surface area contributed by atoms with Crippen LogP contribution >= 0.6 is 0 Å². The Morgan fingerprint density at radius 3 is 2.11 bits per heavy atom. The minimum absolute atomic E-state index is 0.337. The number of carboxylic acids is 2. The van der Waals surface area contributed by atoms with Gasteiger partial charge in [0.05, 0.1) is 6.04 Å². The molecular formula is C26H33N3O7. The Balaban J connectivity index is 0.000000308. The topological polar surface area (TPSA) is 165 Å². The molecule has 1 unspecified atom stereocenters. The molecule has 0 saturated carbocycles. The Hall–Kier alpha value is -3.31. The van der Waals surface area contributed by atoms with Crippen LogP contribution in [0.15, 0.2) is 60.7 Å². The Kier molecular flexibility index (Phi) is 9.95. The summed E-state index contributed by atoms with van der Waals surface area (Å²) in [6.07, 6.45) is -0.400. The molecule has 2 aromatic rings. The predicted molar refractivity (Wildman–Crippen MR) is 131 cm³/mol. The van der Waals surface area contributed by atoms with Gasteiger partial charge >= 0.3 is 11.9 Å². The zero-order valence-electron chi connectivity index (χ0n) is 19.9. The molecule has 2 saturated heterocycles. The van der Waals surface area contributed by atoms with Crippen molar-refractivity contribution < 1.29 is 34.1 Å². The maximum atomic E-state index is 13.0. The number of carbonyl (C=O) groups is 3. The van der Waals surface area contributed by atoms with Crippen LogP contribution in [0.1, 0.15) is 30.4 Å². The molecule has 10 nitrogen and oxygen atoms in total. The van der Waals surface area contributed by atoms with E-state index < -0.39 is 36.5 Å². The Morgan fingerprint density at radius 2 is 1.56 bits per heavy atom. The average Bonchev–Trinajstić information content (AvgIpc) is 3.29. The van der Waals surface area contributed by atoms with Crippen molar-refractivity contribution in [1.29, 1.82) is 0 Å². The first-order valence-electron chi connectivity index (χ1n) is 11.9. The molecule has 10 heteroatoms. The van der Waals surface area contributed by atoms with Gasteiger partial charge in [-0.15, -0.1) is 0 Å². The molecule has 2 bridgehead atoms. The molecule has 0 radical (unpaired) electrons. The number of aliphatic carboxylic acids is 2. The second kappa shape index (κ2) is 13.1. The SMILES string of the molecule is NCCCCC(N)C(=O)O.O=C(O)[C@H]1O[C@H]2O[C@@H]1C(=O)N(Cc1ccccc1)[C@@H]2Cc1ccccc1. The van der Waals surface area contributed by atoms with Crippen molar-refractivity contribution in [1.82, 2.24) is 4.90 Å². The third-order valence-electron chi connectivity index (χ3n) is 6.09. The third kappa shape index (κ3) is 7.11. The standard InChI is InChI=1S/C20H19NO5.C6H14N2O2/c22-18-16-17(19(23)24)26-20(25-16)15(11-13-7-3-1-4-8-13)21(18)12-14-9-5-2-6-10-14;7-4-2-1-3-5(8)6(9)10/h1-10,15-17,20H,11-12H2,(H,23,24);5H,1-4,7-8H2,(H,9,10)/t15-,16+,17+,20-;/m1./s1. The van der Waals surface area contributed by atoms with Crippen molar-refractivity contribution in [2.75, 3.05) is 6.54 Å². The summed E-state index contributed by atoms with van der Waals surface area (Å²) in [5.41, 5.74) is 12.4. The van der Waals surface area contributed by atoms with Crippen LogP contribution in [0.25, 0.3) is 0 Å². The first-order chi connectivity index (χ1) is 17.3. The Labute approximate surface area is 209 Å². The lowest BCUT2D eigenvalue weighted by Gasteiger charge is -2.38. The number of unbranched alkanes of at least 4 members (excludes halogenated alkanes) is 1. The quantitative estimate of drug-likeness (QED) is 0.353. The van der Waals surface area contributed by atoms with E-state index in [-0.39, 0.29) is 11.9 Å². The van der Waals surface area contributed by atoms with E-state index in [1.807, 2.05) is 60.7 Å². The zero-order chi connectivity index (χ0) is 26.1. The van der Waals surface area contributed by atoms with Gasteiger partial charge in [-0.25, -0.2) is 4.79 Å². The molecule has 6 N–H and O–H groups in total. The van der Waals surface area contributed by atoms with Gasteiger partial charge in [0.1, 0.15) is 6.04 Å². The normalized spacial score (nSPS) is 23.5. The van der Waals surface area contributed by atoms with Crippen LogP contribution < -0.4 is 11.5 Å². The van der Waals surface area contributed by atoms with Crippen molar-refractivity contribution >= 4 is 17.8 Å². The number of benzene rings is 2. The van der Waals surface area contributed by atoms with E-state index in [0.29, 0.717) is 25.9 Å². The van der Waals surface area contributed by atoms with E-state index in [2.05, 4.69) is 0 Å². The summed E-state index contributed by atoms with van der Waals surface area (Å²) in [6.45, 7) is 0.996. The van der Waals surface area contributed by atoms with Gasteiger partial charge in [0, 0.05) is 6.54 Å². The highest BCUT2D eigenvalue weighted by molar-refractivity contribution is 5.89. The Morgan fingerprint density at radius 1 is 0.944 bits per heavy atom. The number of nitrogens with two attached hydrogens (primary N) is 2. The predicted octanol–water partition coefficient (Wildman–Crippen LogP) is 1.36. The number of rotatable bonds is 10. The summed E-state index contributed by atoms with van der Waals surface area (Å²) in [5, 5.41) is 17.7. The highest BCUT2D eigenvalue weighted by Crippen LogP contribution is 2.34. The van der Waals surface area contributed by atoms with Crippen LogP contribution in [0.5, 0.6) is 0 Å². The van der Waals surface area contributed by atoms with E-state index in [1.54, 1.807) is 4.90 Å². The van der Waals surface area contributed by atoms with Crippen LogP contribution in [-0.2, 0) is 36.8 Å². The van der Waals surface area contributed by atoms with Crippen molar-refractivity contribution in [3.05, 3.63) is 71.8 Å². The highest BCUT2D eigenvalue weighted by Gasteiger charge is 2.55. The number of carbonyl (C=O) groups excluding carboxylic acids is 1. The van der Waals surface area contributed by atoms with E-state index in [1.165, 1.54) is 0 Å². The van der Waals surface area contributed by atoms with E-state index in [0.717, 1.165) is 24.0 Å². The molecule has 0 spiro atoms. The van der Waals surface area contributed by atoms with Gasteiger partial charge in [-0.3, -0.25) is 9.59 Å². The van der Waals surface area contributed by atoms with E-state index in [9.17, 15) is 19.5 Å².